The highest BCUT2D eigenvalue weighted by atomic mass is 19.4. The van der Waals surface area contributed by atoms with Gasteiger partial charge in [-0.2, -0.15) is 13.2 Å². The van der Waals surface area contributed by atoms with Crippen molar-refractivity contribution in [3.05, 3.63) is 35.1 Å². The van der Waals surface area contributed by atoms with Crippen molar-refractivity contribution in [1.29, 1.82) is 0 Å². The number of nitrogens with two attached hydrogens (primary N) is 1. The lowest BCUT2D eigenvalue weighted by Crippen LogP contribution is -2.35. The summed E-state index contributed by atoms with van der Waals surface area (Å²) in [5, 5.41) is 0. The topological polar surface area (TPSA) is 38.0 Å². The molecule has 1 aromatic carbocycles. The summed E-state index contributed by atoms with van der Waals surface area (Å²) in [7, 11) is 0. The molecule has 0 aromatic heterocycles. The van der Waals surface area contributed by atoms with Crippen LogP contribution in [-0.2, 0) is 6.18 Å². The van der Waals surface area contributed by atoms with E-state index in [1.165, 1.54) is 6.07 Å². The Balaban J connectivity index is 2.21. The van der Waals surface area contributed by atoms with Crippen molar-refractivity contribution in [3.63, 3.8) is 0 Å². The molecule has 0 bridgehead atoms. The minimum Gasteiger partial charge on any atom is -0.271 e. The number of rotatable bonds is 3. The molecule has 0 saturated heterocycles. The summed E-state index contributed by atoms with van der Waals surface area (Å²) in [6, 6.07) is 2.75. The van der Waals surface area contributed by atoms with Gasteiger partial charge in [0.2, 0.25) is 0 Å². The van der Waals surface area contributed by atoms with Crippen LogP contribution in [0.4, 0.5) is 17.6 Å². The van der Waals surface area contributed by atoms with Gasteiger partial charge in [-0.1, -0.05) is 25.8 Å². The van der Waals surface area contributed by atoms with Gasteiger partial charge in [0.15, 0.2) is 0 Å². The van der Waals surface area contributed by atoms with Crippen LogP contribution >= 0.6 is 0 Å². The Labute approximate surface area is 121 Å². The van der Waals surface area contributed by atoms with Crippen LogP contribution in [-0.4, -0.2) is 0 Å². The SMILES string of the molecule is CC1CCC(C(NN)c2ccc(C(F)(F)F)c(F)c2)CC1. The highest BCUT2D eigenvalue weighted by molar-refractivity contribution is 5.29. The fraction of sp³-hybridized carbons (Fsp3) is 0.600. The predicted molar refractivity (Wildman–Crippen MR) is 72.6 cm³/mol. The van der Waals surface area contributed by atoms with Crippen LogP contribution in [0.3, 0.4) is 0 Å². The number of hydrogen-bond acceptors (Lipinski definition) is 2. The maximum atomic E-state index is 13.7. The van der Waals surface area contributed by atoms with Gasteiger partial charge >= 0.3 is 6.18 Å². The lowest BCUT2D eigenvalue weighted by atomic mass is 9.77. The standard InChI is InChI=1S/C15H20F4N2/c1-9-2-4-10(5-3-9)14(21-20)11-6-7-12(13(16)8-11)15(17,18)19/h6-10,14,21H,2-5,20H2,1H3. The minimum absolute atomic E-state index is 0.224. The number of nitrogens with one attached hydrogen (secondary N) is 1. The summed E-state index contributed by atoms with van der Waals surface area (Å²) in [4.78, 5) is 0. The van der Waals surface area contributed by atoms with Gasteiger partial charge in [-0.05, 0) is 42.4 Å². The van der Waals surface area contributed by atoms with E-state index in [0.717, 1.165) is 37.8 Å². The van der Waals surface area contributed by atoms with Gasteiger partial charge in [0.25, 0.3) is 0 Å². The first-order chi connectivity index (χ1) is 9.82. The van der Waals surface area contributed by atoms with Gasteiger partial charge in [-0.25, -0.2) is 4.39 Å². The largest absolute Gasteiger partial charge is 0.419 e. The van der Waals surface area contributed by atoms with Crippen LogP contribution in [0.15, 0.2) is 18.2 Å². The Morgan fingerprint density at radius 3 is 2.29 bits per heavy atom. The molecule has 1 aromatic rings. The van der Waals surface area contributed by atoms with Crippen molar-refractivity contribution in [3.8, 4) is 0 Å². The molecule has 1 unspecified atom stereocenters. The van der Waals surface area contributed by atoms with Crippen LogP contribution < -0.4 is 11.3 Å². The van der Waals surface area contributed by atoms with Crippen LogP contribution in [0.2, 0.25) is 0 Å². The number of hydrazine groups is 1. The van der Waals surface area contributed by atoms with Gasteiger partial charge in [0.1, 0.15) is 5.82 Å². The van der Waals surface area contributed by atoms with Crippen molar-refractivity contribution in [2.24, 2.45) is 17.7 Å². The number of hydrogen-bond donors (Lipinski definition) is 2. The van der Waals surface area contributed by atoms with E-state index in [1.807, 2.05) is 0 Å². The summed E-state index contributed by atoms with van der Waals surface area (Å²) >= 11 is 0. The molecule has 0 heterocycles. The Hall–Kier alpha value is -1.14. The van der Waals surface area contributed by atoms with E-state index in [0.29, 0.717) is 11.5 Å². The average molecular weight is 304 g/mol. The zero-order valence-electron chi connectivity index (χ0n) is 11.9. The molecule has 1 aliphatic rings. The Morgan fingerprint density at radius 2 is 1.81 bits per heavy atom. The van der Waals surface area contributed by atoms with Gasteiger partial charge < -0.3 is 0 Å². The maximum Gasteiger partial charge on any atom is 0.419 e. The zero-order valence-corrected chi connectivity index (χ0v) is 11.9. The van der Waals surface area contributed by atoms with Crippen molar-refractivity contribution in [1.82, 2.24) is 5.43 Å². The van der Waals surface area contributed by atoms with Crippen molar-refractivity contribution in [2.75, 3.05) is 0 Å². The lowest BCUT2D eigenvalue weighted by Gasteiger charge is -2.32. The normalized spacial score (nSPS) is 24.9. The third kappa shape index (κ3) is 3.74. The molecule has 3 N–H and O–H groups in total. The first kappa shape index (κ1) is 16.2. The van der Waals surface area contributed by atoms with E-state index in [4.69, 9.17) is 5.84 Å². The summed E-state index contributed by atoms with van der Waals surface area (Å²) in [5.41, 5.74) is 1.88. The fourth-order valence-electron chi connectivity index (χ4n) is 3.08. The molecular weight excluding hydrogens is 284 g/mol. The monoisotopic (exact) mass is 304 g/mol. The fourth-order valence-corrected chi connectivity index (χ4v) is 3.08. The lowest BCUT2D eigenvalue weighted by molar-refractivity contribution is -0.140. The van der Waals surface area contributed by atoms with Gasteiger partial charge in [-0.15, -0.1) is 0 Å². The third-order valence-electron chi connectivity index (χ3n) is 4.37. The molecule has 0 radical (unpaired) electrons. The zero-order chi connectivity index (χ0) is 15.6. The van der Waals surface area contributed by atoms with Crippen molar-refractivity contribution >= 4 is 0 Å². The molecule has 0 amide bonds. The van der Waals surface area contributed by atoms with Crippen molar-refractivity contribution < 1.29 is 17.6 Å². The average Bonchev–Trinajstić information content (AvgIpc) is 2.40. The van der Waals surface area contributed by atoms with Gasteiger partial charge in [0, 0.05) is 6.04 Å². The molecule has 118 valence electrons. The summed E-state index contributed by atoms with van der Waals surface area (Å²) in [5.74, 6) is 5.18. The maximum absolute atomic E-state index is 13.7. The summed E-state index contributed by atoms with van der Waals surface area (Å²) < 4.78 is 51.4. The molecule has 2 rings (SSSR count). The Morgan fingerprint density at radius 1 is 1.19 bits per heavy atom. The molecule has 2 nitrogen and oxygen atoms in total. The van der Waals surface area contributed by atoms with E-state index in [1.54, 1.807) is 0 Å². The number of halogens is 4. The Bertz CT molecular complexity index is 479. The van der Waals surface area contributed by atoms with E-state index in [9.17, 15) is 17.6 Å². The molecule has 1 aliphatic carbocycles. The van der Waals surface area contributed by atoms with Crippen molar-refractivity contribution in [2.45, 2.75) is 44.8 Å². The highest BCUT2D eigenvalue weighted by Gasteiger charge is 2.35. The molecule has 0 aliphatic heterocycles. The second-order valence-corrected chi connectivity index (χ2v) is 5.90. The van der Waals surface area contributed by atoms with E-state index < -0.39 is 17.6 Å². The van der Waals surface area contributed by atoms with Gasteiger partial charge in [0.05, 0.1) is 5.56 Å². The highest BCUT2D eigenvalue weighted by Crippen LogP contribution is 2.38. The molecular formula is C15H20F4N2. The van der Waals surface area contributed by atoms with Crippen LogP contribution in [0, 0.1) is 17.7 Å². The van der Waals surface area contributed by atoms with Gasteiger partial charge in [-0.3, -0.25) is 11.3 Å². The number of alkyl halides is 3. The minimum atomic E-state index is -4.67. The number of benzene rings is 1. The van der Waals surface area contributed by atoms with Crippen LogP contribution in [0.1, 0.15) is 49.8 Å². The summed E-state index contributed by atoms with van der Waals surface area (Å²) in [6.45, 7) is 2.18. The van der Waals surface area contributed by atoms with E-state index in [-0.39, 0.29) is 12.0 Å². The molecule has 1 atom stereocenters. The van der Waals surface area contributed by atoms with Crippen LogP contribution in [0.5, 0.6) is 0 Å². The molecule has 1 fully saturated rings. The molecule has 21 heavy (non-hydrogen) atoms. The first-order valence-electron chi connectivity index (χ1n) is 7.15. The third-order valence-corrected chi connectivity index (χ3v) is 4.37. The molecule has 1 saturated carbocycles. The summed E-state index contributed by atoms with van der Waals surface area (Å²) in [6.07, 6.45) is -0.663. The first-order valence-corrected chi connectivity index (χ1v) is 7.15. The quantitative estimate of drug-likeness (QED) is 0.499. The van der Waals surface area contributed by atoms with E-state index in [2.05, 4.69) is 12.3 Å². The molecule has 0 spiro atoms. The smallest absolute Gasteiger partial charge is 0.271 e. The second kappa shape index (κ2) is 6.32. The van der Waals surface area contributed by atoms with E-state index >= 15 is 0 Å². The predicted octanol–water partition coefficient (Wildman–Crippen LogP) is 4.18. The molecule has 6 heteroatoms. The Kier molecular flexibility index (Phi) is 4.88. The second-order valence-electron chi connectivity index (χ2n) is 5.90. The van der Waals surface area contributed by atoms with Crippen LogP contribution in [0.25, 0.3) is 0 Å².